The highest BCUT2D eigenvalue weighted by Gasteiger charge is 2.29. The van der Waals surface area contributed by atoms with E-state index in [-0.39, 0.29) is 38.0 Å². The van der Waals surface area contributed by atoms with Gasteiger partial charge >= 0.3 is 12.1 Å². The van der Waals surface area contributed by atoms with E-state index in [1.165, 1.54) is 13.2 Å². The lowest BCUT2D eigenvalue weighted by Crippen LogP contribution is -2.37. The maximum atomic E-state index is 12.6. The van der Waals surface area contributed by atoms with E-state index in [2.05, 4.69) is 17.4 Å². The summed E-state index contributed by atoms with van der Waals surface area (Å²) in [5.74, 6) is -1.45. The number of furan rings is 1. The van der Waals surface area contributed by atoms with Gasteiger partial charge in [0.05, 0.1) is 13.2 Å². The lowest BCUT2D eigenvalue weighted by atomic mass is 9.98. The van der Waals surface area contributed by atoms with E-state index in [0.29, 0.717) is 5.76 Å². The monoisotopic (exact) mass is 478 g/mol. The molecule has 2 N–H and O–H groups in total. The van der Waals surface area contributed by atoms with Crippen LogP contribution in [0.5, 0.6) is 0 Å². The minimum absolute atomic E-state index is 0.0148. The van der Waals surface area contributed by atoms with Gasteiger partial charge in [-0.25, -0.2) is 4.79 Å². The molecule has 2 amide bonds. The molecule has 0 spiro atoms. The standard InChI is InChI=1S/C26H26N2O7/c1-33-13-12-28(15-24(29)30)25(31)23-11-10-17(35-23)14-27-26(32)34-16-22-20-8-4-2-6-18(20)19-7-3-5-9-21(19)22/h2-11,22H,12-16H2,1H3,(H,27,32)(H,29,30). The van der Waals surface area contributed by atoms with Gasteiger partial charge < -0.3 is 29.2 Å². The second-order valence-electron chi connectivity index (χ2n) is 8.06. The molecule has 1 aromatic heterocycles. The Morgan fingerprint density at radius 3 is 2.29 bits per heavy atom. The number of alkyl carbamates (subject to hydrolysis) is 1. The number of hydrogen-bond acceptors (Lipinski definition) is 6. The second kappa shape index (κ2) is 10.9. The number of ether oxygens (including phenoxy) is 2. The van der Waals surface area contributed by atoms with Gasteiger partial charge in [0.25, 0.3) is 5.91 Å². The zero-order valence-electron chi connectivity index (χ0n) is 19.2. The van der Waals surface area contributed by atoms with Gasteiger partial charge in [0.1, 0.15) is 18.9 Å². The van der Waals surface area contributed by atoms with Crippen molar-refractivity contribution in [2.45, 2.75) is 12.5 Å². The van der Waals surface area contributed by atoms with Crippen molar-refractivity contribution in [1.82, 2.24) is 10.2 Å². The lowest BCUT2D eigenvalue weighted by molar-refractivity contribution is -0.137. The van der Waals surface area contributed by atoms with Gasteiger partial charge in [-0.05, 0) is 34.4 Å². The quantitative estimate of drug-likeness (QED) is 0.458. The Morgan fingerprint density at radius 1 is 1.00 bits per heavy atom. The smallest absolute Gasteiger partial charge is 0.407 e. The molecular weight excluding hydrogens is 452 g/mol. The summed E-state index contributed by atoms with van der Waals surface area (Å²) in [6, 6.07) is 19.1. The fraction of sp³-hybridized carbons (Fsp3) is 0.269. The summed E-state index contributed by atoms with van der Waals surface area (Å²) in [6.45, 7) is 0.0220. The van der Waals surface area contributed by atoms with Crippen molar-refractivity contribution in [3.8, 4) is 11.1 Å². The highest BCUT2D eigenvalue weighted by molar-refractivity contribution is 5.93. The van der Waals surface area contributed by atoms with Crippen LogP contribution < -0.4 is 5.32 Å². The topological polar surface area (TPSA) is 118 Å². The number of aliphatic carboxylic acids is 1. The number of carbonyl (C=O) groups excluding carboxylic acids is 2. The summed E-state index contributed by atoms with van der Waals surface area (Å²) < 4.78 is 15.9. The van der Waals surface area contributed by atoms with Crippen LogP contribution in [-0.2, 0) is 20.8 Å². The molecule has 0 radical (unpaired) electrons. The van der Waals surface area contributed by atoms with Crippen LogP contribution in [-0.4, -0.2) is 61.4 Å². The Balaban J connectivity index is 1.32. The number of fused-ring (bicyclic) bond motifs is 3. The van der Waals surface area contributed by atoms with Crippen LogP contribution >= 0.6 is 0 Å². The van der Waals surface area contributed by atoms with E-state index in [1.54, 1.807) is 6.07 Å². The number of hydrogen-bond donors (Lipinski definition) is 2. The molecule has 1 aliphatic rings. The van der Waals surface area contributed by atoms with E-state index in [0.717, 1.165) is 27.2 Å². The number of carboxylic acids is 1. The van der Waals surface area contributed by atoms with Gasteiger partial charge in [-0.3, -0.25) is 9.59 Å². The van der Waals surface area contributed by atoms with E-state index in [1.807, 2.05) is 36.4 Å². The first-order chi connectivity index (χ1) is 17.0. The molecular formula is C26H26N2O7. The minimum atomic E-state index is -1.14. The van der Waals surface area contributed by atoms with Gasteiger partial charge in [0, 0.05) is 19.6 Å². The largest absolute Gasteiger partial charge is 0.480 e. The molecule has 0 saturated heterocycles. The van der Waals surface area contributed by atoms with Gasteiger partial charge in [-0.2, -0.15) is 0 Å². The molecule has 9 heteroatoms. The van der Waals surface area contributed by atoms with Crippen LogP contribution in [0.15, 0.2) is 65.1 Å². The predicted octanol–water partition coefficient (Wildman–Crippen LogP) is 3.49. The molecule has 3 aromatic rings. The van der Waals surface area contributed by atoms with Crippen LogP contribution in [0.3, 0.4) is 0 Å². The van der Waals surface area contributed by atoms with E-state index >= 15 is 0 Å². The number of benzene rings is 2. The predicted molar refractivity (Wildman–Crippen MR) is 126 cm³/mol. The third-order valence-electron chi connectivity index (χ3n) is 5.80. The van der Waals surface area contributed by atoms with E-state index < -0.39 is 24.5 Å². The van der Waals surface area contributed by atoms with Crippen LogP contribution in [0.4, 0.5) is 4.79 Å². The Bertz CT molecular complexity index is 1170. The normalized spacial score (nSPS) is 12.0. The van der Waals surface area contributed by atoms with Gasteiger partial charge in [0.15, 0.2) is 5.76 Å². The second-order valence-corrected chi connectivity index (χ2v) is 8.06. The van der Waals surface area contributed by atoms with Crippen molar-refractivity contribution in [2.24, 2.45) is 0 Å². The van der Waals surface area contributed by atoms with Crippen LogP contribution in [0.25, 0.3) is 11.1 Å². The maximum absolute atomic E-state index is 12.6. The Morgan fingerprint density at radius 2 is 1.66 bits per heavy atom. The molecule has 0 aliphatic heterocycles. The lowest BCUT2D eigenvalue weighted by Gasteiger charge is -2.18. The molecule has 0 atom stereocenters. The summed E-state index contributed by atoms with van der Waals surface area (Å²) in [6.07, 6.45) is -0.608. The van der Waals surface area contributed by atoms with Crippen molar-refractivity contribution < 1.29 is 33.4 Å². The van der Waals surface area contributed by atoms with Crippen LogP contribution in [0.1, 0.15) is 33.4 Å². The SMILES string of the molecule is COCCN(CC(=O)O)C(=O)c1ccc(CNC(=O)OCC2c3ccccc3-c3ccccc32)o1. The number of carbonyl (C=O) groups is 3. The van der Waals surface area contributed by atoms with Crippen molar-refractivity contribution in [3.63, 3.8) is 0 Å². The van der Waals surface area contributed by atoms with E-state index in [4.69, 9.17) is 19.0 Å². The minimum Gasteiger partial charge on any atom is -0.480 e. The first kappa shape index (κ1) is 24.0. The zero-order chi connectivity index (χ0) is 24.8. The molecule has 0 fully saturated rings. The average Bonchev–Trinajstić information content (AvgIpc) is 3.46. The Kier molecular flexibility index (Phi) is 7.47. The maximum Gasteiger partial charge on any atom is 0.407 e. The van der Waals surface area contributed by atoms with Crippen molar-refractivity contribution in [1.29, 1.82) is 0 Å². The molecule has 4 rings (SSSR count). The highest BCUT2D eigenvalue weighted by Crippen LogP contribution is 2.44. The number of nitrogens with zero attached hydrogens (tertiary/aromatic N) is 1. The van der Waals surface area contributed by atoms with Crippen molar-refractivity contribution >= 4 is 18.0 Å². The van der Waals surface area contributed by atoms with Crippen LogP contribution in [0.2, 0.25) is 0 Å². The molecule has 1 aliphatic carbocycles. The van der Waals surface area contributed by atoms with Crippen molar-refractivity contribution in [3.05, 3.63) is 83.3 Å². The Hall–Kier alpha value is -4.11. The molecule has 35 heavy (non-hydrogen) atoms. The summed E-state index contributed by atoms with van der Waals surface area (Å²) in [5.41, 5.74) is 4.53. The molecule has 0 bridgehead atoms. The number of amides is 2. The first-order valence-corrected chi connectivity index (χ1v) is 11.2. The first-order valence-electron chi connectivity index (χ1n) is 11.2. The number of carboxylic acid groups (broad SMARTS) is 1. The zero-order valence-corrected chi connectivity index (χ0v) is 19.2. The number of rotatable bonds is 10. The van der Waals surface area contributed by atoms with Gasteiger partial charge in [-0.15, -0.1) is 0 Å². The third-order valence-corrected chi connectivity index (χ3v) is 5.80. The summed E-state index contributed by atoms with van der Waals surface area (Å²) in [5, 5.41) is 11.7. The Labute approximate surface area is 202 Å². The summed E-state index contributed by atoms with van der Waals surface area (Å²) in [7, 11) is 1.46. The third kappa shape index (κ3) is 5.52. The fourth-order valence-electron chi connectivity index (χ4n) is 4.17. The fourth-order valence-corrected chi connectivity index (χ4v) is 4.17. The molecule has 1 heterocycles. The average molecular weight is 479 g/mol. The summed E-state index contributed by atoms with van der Waals surface area (Å²) in [4.78, 5) is 37.1. The number of methoxy groups -OCH3 is 1. The van der Waals surface area contributed by atoms with Gasteiger partial charge in [0.2, 0.25) is 0 Å². The number of nitrogens with one attached hydrogen (secondary N) is 1. The van der Waals surface area contributed by atoms with Crippen molar-refractivity contribution in [2.75, 3.05) is 33.4 Å². The summed E-state index contributed by atoms with van der Waals surface area (Å²) >= 11 is 0. The van der Waals surface area contributed by atoms with Gasteiger partial charge in [-0.1, -0.05) is 48.5 Å². The molecule has 182 valence electrons. The molecule has 0 saturated carbocycles. The van der Waals surface area contributed by atoms with E-state index in [9.17, 15) is 14.4 Å². The molecule has 0 unspecified atom stereocenters. The molecule has 2 aromatic carbocycles. The highest BCUT2D eigenvalue weighted by atomic mass is 16.5. The van der Waals surface area contributed by atoms with Crippen LogP contribution in [0, 0.1) is 0 Å². The molecule has 9 nitrogen and oxygen atoms in total.